The van der Waals surface area contributed by atoms with Crippen LogP contribution in [0.5, 0.6) is 5.75 Å². The average Bonchev–Trinajstić information content (AvgIpc) is 2.91. The van der Waals surface area contributed by atoms with Crippen molar-refractivity contribution in [2.45, 2.75) is 117 Å². The van der Waals surface area contributed by atoms with Gasteiger partial charge < -0.3 is 14.6 Å². The molecule has 5 rings (SSSR count). The minimum atomic E-state index is -1.08. The topological polar surface area (TPSA) is 59.0 Å². The molecule has 212 valence electrons. The molecular weight excluding hydrogens is 510 g/mol. The maximum atomic E-state index is 12.9. The normalized spacial score (nSPS) is 19.3. The molecule has 2 heterocycles. The predicted molar refractivity (Wildman–Crippen MR) is 157 cm³/mol. The van der Waals surface area contributed by atoms with Gasteiger partial charge in [-0.15, -0.1) is 0 Å². The standard InChI is InChI=1S/C33H44ClNO4/c1-19-24-13-10-16-38-30(24)27(34)17-25(19)28-21(3)26-18-35(22-11-8-7-9-12-22)15-14-23(26)20(2)29(28)31(32(36)37)39-33(4,5)6/h17,22,31H,7-16,18H2,1-6H3,(H,36,37)/t31-/m0/s1. The molecule has 0 bridgehead atoms. The second-order valence-electron chi connectivity index (χ2n) is 12.7. The highest BCUT2D eigenvalue weighted by atomic mass is 35.5. The van der Waals surface area contributed by atoms with Crippen molar-refractivity contribution in [1.82, 2.24) is 4.90 Å². The van der Waals surface area contributed by atoms with Crippen LogP contribution in [0.1, 0.15) is 104 Å². The van der Waals surface area contributed by atoms with E-state index in [2.05, 4.69) is 25.7 Å². The zero-order chi connectivity index (χ0) is 28.1. The number of hydrogen-bond donors (Lipinski definition) is 1. The quantitative estimate of drug-likeness (QED) is 0.408. The van der Waals surface area contributed by atoms with E-state index in [1.165, 1.54) is 43.2 Å². The van der Waals surface area contributed by atoms with Crippen molar-refractivity contribution in [3.05, 3.63) is 50.0 Å². The van der Waals surface area contributed by atoms with E-state index in [0.717, 1.165) is 77.0 Å². The first kappa shape index (κ1) is 28.4. The summed E-state index contributed by atoms with van der Waals surface area (Å²) in [5.74, 6) is -0.180. The van der Waals surface area contributed by atoms with Crippen LogP contribution in [0.15, 0.2) is 6.07 Å². The molecule has 2 aliphatic heterocycles. The molecule has 0 amide bonds. The predicted octanol–water partition coefficient (Wildman–Crippen LogP) is 7.89. The summed E-state index contributed by atoms with van der Waals surface area (Å²) in [6.07, 6.45) is 8.24. The van der Waals surface area contributed by atoms with Gasteiger partial charge in [-0.05, 0) is 124 Å². The maximum Gasteiger partial charge on any atom is 0.337 e. The lowest BCUT2D eigenvalue weighted by Crippen LogP contribution is -2.41. The lowest BCUT2D eigenvalue weighted by Gasteiger charge is -2.40. The molecular formula is C33H44ClNO4. The summed E-state index contributed by atoms with van der Waals surface area (Å²) in [6.45, 7) is 14.8. The minimum absolute atomic E-state index is 0.596. The molecule has 2 aromatic carbocycles. The number of hydrogen-bond acceptors (Lipinski definition) is 4. The van der Waals surface area contributed by atoms with Crippen LogP contribution in [0.2, 0.25) is 5.02 Å². The van der Waals surface area contributed by atoms with Crippen LogP contribution in [-0.4, -0.2) is 40.8 Å². The Labute approximate surface area is 238 Å². The van der Waals surface area contributed by atoms with Gasteiger partial charge in [0.2, 0.25) is 0 Å². The minimum Gasteiger partial charge on any atom is -0.492 e. The van der Waals surface area contributed by atoms with Gasteiger partial charge in [0.25, 0.3) is 0 Å². The van der Waals surface area contributed by atoms with E-state index in [0.29, 0.717) is 17.7 Å². The van der Waals surface area contributed by atoms with Gasteiger partial charge in [-0.2, -0.15) is 0 Å². The van der Waals surface area contributed by atoms with Gasteiger partial charge in [0.15, 0.2) is 6.10 Å². The molecule has 0 spiro atoms. The first-order valence-corrected chi connectivity index (χ1v) is 15.1. The van der Waals surface area contributed by atoms with Gasteiger partial charge in [-0.1, -0.05) is 30.9 Å². The first-order chi connectivity index (χ1) is 18.5. The maximum absolute atomic E-state index is 12.9. The Kier molecular flexibility index (Phi) is 8.07. The van der Waals surface area contributed by atoms with Crippen LogP contribution >= 0.6 is 11.6 Å². The smallest absolute Gasteiger partial charge is 0.337 e. The highest BCUT2D eigenvalue weighted by Gasteiger charge is 2.36. The number of carboxylic acid groups (broad SMARTS) is 1. The molecule has 2 aromatic rings. The van der Waals surface area contributed by atoms with Crippen LogP contribution in [0.4, 0.5) is 0 Å². The molecule has 1 N–H and O–H groups in total. The van der Waals surface area contributed by atoms with Gasteiger partial charge in [0.05, 0.1) is 17.2 Å². The van der Waals surface area contributed by atoms with E-state index < -0.39 is 17.7 Å². The number of ether oxygens (including phenoxy) is 2. The molecule has 1 atom stereocenters. The third-order valence-electron chi connectivity index (χ3n) is 9.08. The number of carbonyl (C=O) groups is 1. The van der Waals surface area contributed by atoms with Crippen molar-refractivity contribution in [3.63, 3.8) is 0 Å². The van der Waals surface area contributed by atoms with E-state index in [9.17, 15) is 9.90 Å². The molecule has 5 nitrogen and oxygen atoms in total. The summed E-state index contributed by atoms with van der Waals surface area (Å²) in [7, 11) is 0. The molecule has 39 heavy (non-hydrogen) atoms. The van der Waals surface area contributed by atoms with Gasteiger partial charge in [0, 0.05) is 24.7 Å². The van der Waals surface area contributed by atoms with Crippen LogP contribution < -0.4 is 4.74 Å². The first-order valence-electron chi connectivity index (χ1n) is 14.7. The second kappa shape index (κ2) is 11.1. The lowest BCUT2D eigenvalue weighted by molar-refractivity contribution is -0.160. The Morgan fingerprint density at radius 3 is 2.41 bits per heavy atom. The fourth-order valence-electron chi connectivity index (χ4n) is 7.18. The highest BCUT2D eigenvalue weighted by molar-refractivity contribution is 6.32. The summed E-state index contributed by atoms with van der Waals surface area (Å²) in [5.41, 5.74) is 9.25. The lowest BCUT2D eigenvalue weighted by atomic mass is 9.78. The van der Waals surface area contributed by atoms with Crippen molar-refractivity contribution in [2.75, 3.05) is 13.2 Å². The van der Waals surface area contributed by atoms with E-state index in [4.69, 9.17) is 21.1 Å². The Hall–Kier alpha value is -2.08. The van der Waals surface area contributed by atoms with Gasteiger partial charge in [-0.25, -0.2) is 4.79 Å². The summed E-state index contributed by atoms with van der Waals surface area (Å²) >= 11 is 6.85. The molecule has 1 saturated carbocycles. The van der Waals surface area contributed by atoms with Crippen molar-refractivity contribution in [1.29, 1.82) is 0 Å². The molecule has 6 heteroatoms. The van der Waals surface area contributed by atoms with E-state index >= 15 is 0 Å². The third-order valence-corrected chi connectivity index (χ3v) is 9.36. The number of halogens is 1. The molecule has 3 aliphatic rings. The van der Waals surface area contributed by atoms with Crippen LogP contribution in [0, 0.1) is 20.8 Å². The Bertz CT molecular complexity index is 1270. The number of nitrogens with zero attached hydrogens (tertiary/aromatic N) is 1. The molecule has 0 radical (unpaired) electrons. The van der Waals surface area contributed by atoms with Crippen molar-refractivity contribution in [3.8, 4) is 16.9 Å². The Balaban J connectivity index is 1.74. The van der Waals surface area contributed by atoms with E-state index in [-0.39, 0.29) is 0 Å². The second-order valence-corrected chi connectivity index (χ2v) is 13.2. The number of fused-ring (bicyclic) bond motifs is 2. The molecule has 0 unspecified atom stereocenters. The van der Waals surface area contributed by atoms with Crippen molar-refractivity contribution >= 4 is 17.6 Å². The van der Waals surface area contributed by atoms with Gasteiger partial charge in [-0.3, -0.25) is 4.90 Å². The molecule has 1 fully saturated rings. The molecule has 0 saturated heterocycles. The molecule has 1 aliphatic carbocycles. The average molecular weight is 554 g/mol. The monoisotopic (exact) mass is 553 g/mol. The number of aliphatic carboxylic acids is 1. The summed E-state index contributed by atoms with van der Waals surface area (Å²) in [5, 5.41) is 11.1. The highest BCUT2D eigenvalue weighted by Crippen LogP contribution is 2.47. The number of benzene rings is 2. The zero-order valence-electron chi connectivity index (χ0n) is 24.5. The molecule has 0 aromatic heterocycles. The fourth-order valence-corrected chi connectivity index (χ4v) is 7.46. The van der Waals surface area contributed by atoms with Crippen LogP contribution in [0.3, 0.4) is 0 Å². The fraction of sp³-hybridized carbons (Fsp3) is 0.606. The number of rotatable bonds is 5. The van der Waals surface area contributed by atoms with Crippen LogP contribution in [0.25, 0.3) is 11.1 Å². The van der Waals surface area contributed by atoms with Gasteiger partial charge in [0.1, 0.15) is 5.75 Å². The van der Waals surface area contributed by atoms with E-state index in [1.54, 1.807) is 0 Å². The van der Waals surface area contributed by atoms with Gasteiger partial charge >= 0.3 is 5.97 Å². The Morgan fingerprint density at radius 1 is 1.03 bits per heavy atom. The number of carboxylic acids is 1. The Morgan fingerprint density at radius 2 is 1.74 bits per heavy atom. The summed E-state index contributed by atoms with van der Waals surface area (Å²) in [4.78, 5) is 15.5. The van der Waals surface area contributed by atoms with Crippen LogP contribution in [-0.2, 0) is 28.9 Å². The zero-order valence-corrected chi connectivity index (χ0v) is 25.3. The third kappa shape index (κ3) is 5.47. The van der Waals surface area contributed by atoms with E-state index in [1.807, 2.05) is 26.8 Å². The van der Waals surface area contributed by atoms with Crippen molar-refractivity contribution in [2.24, 2.45) is 0 Å². The largest absolute Gasteiger partial charge is 0.492 e. The summed E-state index contributed by atoms with van der Waals surface area (Å²) < 4.78 is 12.3. The SMILES string of the molecule is Cc1c(-c2c(C)c3c(c(C)c2[C@H](OC(C)(C)C)C(=O)O)CCN(C2CCCCC2)C3)cc(Cl)c2c1CCCO2. The summed E-state index contributed by atoms with van der Waals surface area (Å²) in [6, 6.07) is 2.64. The van der Waals surface area contributed by atoms with Crippen molar-refractivity contribution < 1.29 is 19.4 Å².